The molecule has 0 saturated carbocycles. The normalized spacial score (nSPS) is 25.1. The number of nitrogens with one attached hydrogen (secondary N) is 1. The Bertz CT molecular complexity index is 218. The second kappa shape index (κ2) is 5.24. The largest absolute Gasteiger partial charge is 0.375 e. The lowest BCUT2D eigenvalue weighted by atomic mass is 10.2. The van der Waals surface area contributed by atoms with Crippen molar-refractivity contribution < 1.29 is 9.53 Å². The Labute approximate surface area is 82.1 Å². The number of amides is 1. The molecule has 0 aromatic heterocycles. The number of carbonyl (C=O) groups excluding carboxylic acids is 1. The summed E-state index contributed by atoms with van der Waals surface area (Å²) < 4.78 is 4.66. The Balaban J connectivity index is 2.34. The van der Waals surface area contributed by atoms with E-state index in [1.54, 1.807) is 0 Å². The molecule has 13 heavy (non-hydrogen) atoms. The maximum Gasteiger partial charge on any atom is 0.266 e. The van der Waals surface area contributed by atoms with Crippen LogP contribution in [0.5, 0.6) is 0 Å². The smallest absolute Gasteiger partial charge is 0.266 e. The molecule has 0 aromatic rings. The fourth-order valence-electron chi connectivity index (χ4n) is 1.08. The molecule has 5 heteroatoms. The summed E-state index contributed by atoms with van der Waals surface area (Å²) in [4.78, 5) is 11.0. The number of rotatable bonds is 3. The second-order valence-electron chi connectivity index (χ2n) is 2.83. The third kappa shape index (κ3) is 3.36. The van der Waals surface area contributed by atoms with Crippen molar-refractivity contribution in [1.82, 2.24) is 5.43 Å². The van der Waals surface area contributed by atoms with Crippen LogP contribution in [-0.2, 0) is 9.53 Å². The van der Waals surface area contributed by atoms with E-state index in [0.717, 1.165) is 17.9 Å². The van der Waals surface area contributed by atoms with E-state index in [4.69, 9.17) is 0 Å². The van der Waals surface area contributed by atoms with E-state index in [1.165, 1.54) is 7.11 Å². The van der Waals surface area contributed by atoms with Gasteiger partial charge in [-0.15, -0.1) is 0 Å². The molecule has 74 valence electrons. The van der Waals surface area contributed by atoms with Crippen LogP contribution in [0.2, 0.25) is 0 Å². The van der Waals surface area contributed by atoms with Gasteiger partial charge in [-0.05, 0) is 19.1 Å². The van der Waals surface area contributed by atoms with Crippen molar-refractivity contribution in [3.8, 4) is 0 Å². The van der Waals surface area contributed by atoms with Crippen molar-refractivity contribution in [3.63, 3.8) is 0 Å². The van der Waals surface area contributed by atoms with Gasteiger partial charge in [-0.25, -0.2) is 5.43 Å². The summed E-state index contributed by atoms with van der Waals surface area (Å²) >= 11 is 1.86. The van der Waals surface area contributed by atoms with Crippen LogP contribution in [0.25, 0.3) is 0 Å². The third-order valence-corrected chi connectivity index (χ3v) is 3.01. The third-order valence-electron chi connectivity index (χ3n) is 1.79. The van der Waals surface area contributed by atoms with Crippen molar-refractivity contribution in [2.75, 3.05) is 19.5 Å². The Morgan fingerprint density at radius 2 is 2.62 bits per heavy atom. The molecule has 1 aliphatic rings. The Kier molecular flexibility index (Phi) is 4.24. The fraction of sp³-hybridized carbons (Fsp3) is 0.750. The summed E-state index contributed by atoms with van der Waals surface area (Å²) in [6.07, 6.45) is 0.971. The average Bonchev–Trinajstić information content (AvgIpc) is 2.48. The molecule has 0 bridgehead atoms. The minimum atomic E-state index is -0.195. The SMILES string of the molecule is COCC(=O)N/N=C1/CCSC1C. The number of thioether (sulfide) groups is 1. The van der Waals surface area contributed by atoms with Gasteiger partial charge >= 0.3 is 0 Å². The molecule has 1 aliphatic heterocycles. The predicted octanol–water partition coefficient (Wildman–Crippen LogP) is 0.630. The molecule has 1 N–H and O–H groups in total. The lowest BCUT2D eigenvalue weighted by Crippen LogP contribution is -2.24. The zero-order chi connectivity index (χ0) is 9.68. The fourth-order valence-corrected chi connectivity index (χ4v) is 2.13. The van der Waals surface area contributed by atoms with Crippen molar-refractivity contribution in [3.05, 3.63) is 0 Å². The summed E-state index contributed by atoms with van der Waals surface area (Å²) in [5, 5.41) is 4.47. The number of hydrazone groups is 1. The molecular weight excluding hydrogens is 188 g/mol. The number of nitrogens with zero attached hydrogens (tertiary/aromatic N) is 1. The van der Waals surface area contributed by atoms with E-state index in [0.29, 0.717) is 5.25 Å². The highest BCUT2D eigenvalue weighted by Gasteiger charge is 2.18. The molecule has 0 aromatic carbocycles. The van der Waals surface area contributed by atoms with Crippen molar-refractivity contribution in [2.24, 2.45) is 5.10 Å². The van der Waals surface area contributed by atoms with Gasteiger partial charge in [-0.3, -0.25) is 4.79 Å². The molecule has 1 fully saturated rings. The number of hydrogen-bond acceptors (Lipinski definition) is 4. The molecule has 4 nitrogen and oxygen atoms in total. The zero-order valence-corrected chi connectivity index (χ0v) is 8.69. The first-order valence-corrected chi connectivity index (χ1v) is 5.24. The molecule has 1 saturated heterocycles. The Hall–Kier alpha value is -0.550. The highest BCUT2D eigenvalue weighted by atomic mass is 32.2. The molecule has 0 radical (unpaired) electrons. The molecule has 1 heterocycles. The highest BCUT2D eigenvalue weighted by Crippen LogP contribution is 2.22. The summed E-state index contributed by atoms with van der Waals surface area (Å²) in [5.74, 6) is 0.902. The van der Waals surface area contributed by atoms with Crippen LogP contribution >= 0.6 is 11.8 Å². The topological polar surface area (TPSA) is 50.7 Å². The summed E-state index contributed by atoms with van der Waals surface area (Å²) in [6, 6.07) is 0. The molecule has 0 spiro atoms. The monoisotopic (exact) mass is 202 g/mol. The van der Waals surface area contributed by atoms with Gasteiger partial charge < -0.3 is 4.74 Å². The second-order valence-corrected chi connectivity index (χ2v) is 4.28. The van der Waals surface area contributed by atoms with Gasteiger partial charge in [-0.2, -0.15) is 16.9 Å². The molecule has 1 rings (SSSR count). The van der Waals surface area contributed by atoms with E-state index in [-0.39, 0.29) is 12.5 Å². The van der Waals surface area contributed by atoms with Crippen LogP contribution in [0.15, 0.2) is 5.10 Å². The molecular formula is C8H14N2O2S. The van der Waals surface area contributed by atoms with Crippen LogP contribution in [0.4, 0.5) is 0 Å². The van der Waals surface area contributed by atoms with Crippen molar-refractivity contribution in [2.45, 2.75) is 18.6 Å². The zero-order valence-electron chi connectivity index (χ0n) is 7.87. The minimum Gasteiger partial charge on any atom is -0.375 e. The van der Waals surface area contributed by atoms with E-state index in [1.807, 2.05) is 11.8 Å². The Morgan fingerprint density at radius 1 is 1.85 bits per heavy atom. The number of carbonyl (C=O) groups is 1. The van der Waals surface area contributed by atoms with Crippen molar-refractivity contribution in [1.29, 1.82) is 0 Å². The van der Waals surface area contributed by atoms with E-state index in [2.05, 4.69) is 22.2 Å². The van der Waals surface area contributed by atoms with Gasteiger partial charge in [0, 0.05) is 12.4 Å². The first-order chi connectivity index (χ1) is 6.24. The molecule has 0 aliphatic carbocycles. The Morgan fingerprint density at radius 3 is 3.15 bits per heavy atom. The van der Waals surface area contributed by atoms with Crippen LogP contribution in [-0.4, -0.2) is 36.3 Å². The maximum absolute atomic E-state index is 11.0. The van der Waals surface area contributed by atoms with Gasteiger partial charge in [0.1, 0.15) is 6.61 Å². The maximum atomic E-state index is 11.0. The van der Waals surface area contributed by atoms with Crippen LogP contribution in [0, 0.1) is 0 Å². The minimum absolute atomic E-state index is 0.0678. The lowest BCUT2D eigenvalue weighted by molar-refractivity contribution is -0.124. The average molecular weight is 202 g/mol. The van der Waals surface area contributed by atoms with Gasteiger partial charge in [0.15, 0.2) is 0 Å². The van der Waals surface area contributed by atoms with E-state index >= 15 is 0 Å². The molecule has 1 atom stereocenters. The van der Waals surface area contributed by atoms with Crippen LogP contribution < -0.4 is 5.43 Å². The van der Waals surface area contributed by atoms with Gasteiger partial charge in [0.05, 0.1) is 5.71 Å². The summed E-state index contributed by atoms with van der Waals surface area (Å²) in [5.41, 5.74) is 3.53. The van der Waals surface area contributed by atoms with Gasteiger partial charge in [-0.1, -0.05) is 0 Å². The number of ether oxygens (including phenoxy) is 1. The van der Waals surface area contributed by atoms with Crippen molar-refractivity contribution >= 4 is 23.4 Å². The van der Waals surface area contributed by atoms with E-state index in [9.17, 15) is 4.79 Å². The van der Waals surface area contributed by atoms with Gasteiger partial charge in [0.2, 0.25) is 0 Å². The van der Waals surface area contributed by atoms with Crippen LogP contribution in [0.3, 0.4) is 0 Å². The lowest BCUT2D eigenvalue weighted by Gasteiger charge is -2.03. The highest BCUT2D eigenvalue weighted by molar-refractivity contribution is 8.01. The number of hydrogen-bond donors (Lipinski definition) is 1. The summed E-state index contributed by atoms with van der Waals surface area (Å²) in [6.45, 7) is 2.16. The predicted molar refractivity (Wildman–Crippen MR) is 54.0 cm³/mol. The molecule has 1 amide bonds. The first-order valence-electron chi connectivity index (χ1n) is 4.20. The van der Waals surface area contributed by atoms with E-state index < -0.39 is 0 Å². The van der Waals surface area contributed by atoms with Crippen LogP contribution in [0.1, 0.15) is 13.3 Å². The first kappa shape index (κ1) is 10.5. The number of methoxy groups -OCH3 is 1. The quantitative estimate of drug-likeness (QED) is 0.683. The standard InChI is InChI=1S/C8H14N2O2S/c1-6-7(3-4-13-6)9-10-8(11)5-12-2/h6H,3-5H2,1-2H3,(H,10,11)/b9-7-. The molecule has 1 unspecified atom stereocenters. The summed E-state index contributed by atoms with van der Waals surface area (Å²) in [7, 11) is 1.49. The van der Waals surface area contributed by atoms with Gasteiger partial charge in [0.25, 0.3) is 5.91 Å².